The molecule has 0 spiro atoms. The van der Waals surface area contributed by atoms with E-state index in [4.69, 9.17) is 0 Å². The van der Waals surface area contributed by atoms with Gasteiger partial charge in [0.2, 0.25) is 5.91 Å². The minimum Gasteiger partial charge on any atom is -0.335 e. The number of carbonyl (C=O) groups excluding carboxylic acids is 2. The van der Waals surface area contributed by atoms with Crippen LogP contribution in [0.3, 0.4) is 0 Å². The molecule has 3 aliphatic heterocycles. The minimum absolute atomic E-state index is 0.114. The van der Waals surface area contributed by atoms with Crippen molar-refractivity contribution in [2.75, 3.05) is 11.9 Å². The summed E-state index contributed by atoms with van der Waals surface area (Å²) in [5.74, 6) is -0.352. The van der Waals surface area contributed by atoms with Crippen molar-refractivity contribution in [1.29, 1.82) is 0 Å². The predicted molar refractivity (Wildman–Crippen MR) is 150 cm³/mol. The topological polar surface area (TPSA) is 64.7 Å². The summed E-state index contributed by atoms with van der Waals surface area (Å²) in [6, 6.07) is 19.1. The summed E-state index contributed by atoms with van der Waals surface area (Å²) in [6.45, 7) is 1.46. The third-order valence-electron chi connectivity index (χ3n) is 8.39. The number of hydrogen-bond acceptors (Lipinski definition) is 3. The average molecular weight is 580 g/mol. The molecule has 198 valence electrons. The van der Waals surface area contributed by atoms with Crippen molar-refractivity contribution in [3.05, 3.63) is 76.5 Å². The number of nitrogens with zero attached hydrogens (tertiary/aromatic N) is 2. The molecule has 2 N–H and O–H groups in total. The molecule has 0 saturated carbocycles. The van der Waals surface area contributed by atoms with Crippen LogP contribution in [0.2, 0.25) is 0 Å². The molecule has 2 bridgehead atoms. The molecule has 0 aliphatic carbocycles. The summed E-state index contributed by atoms with van der Waals surface area (Å²) in [4.78, 5) is 30.6. The van der Waals surface area contributed by atoms with Crippen LogP contribution in [-0.4, -0.2) is 52.5 Å². The number of hydrogen-bond donors (Lipinski definition) is 2. The molecular weight excluding hydrogens is 547 g/mol. The highest BCUT2D eigenvalue weighted by Crippen LogP contribution is 2.37. The van der Waals surface area contributed by atoms with Gasteiger partial charge in [0.1, 0.15) is 11.9 Å². The van der Waals surface area contributed by atoms with Gasteiger partial charge in [0.05, 0.1) is 5.69 Å². The van der Waals surface area contributed by atoms with E-state index in [9.17, 15) is 14.0 Å². The molecule has 2 unspecified atom stereocenters. The quantitative estimate of drug-likeness (QED) is 0.387. The Morgan fingerprint density at radius 3 is 2.47 bits per heavy atom. The van der Waals surface area contributed by atoms with Crippen molar-refractivity contribution in [2.24, 2.45) is 0 Å². The Hall–Kier alpha value is -2.97. The lowest BCUT2D eigenvalue weighted by Gasteiger charge is -2.40. The van der Waals surface area contributed by atoms with Crippen molar-refractivity contribution in [3.8, 4) is 0 Å². The number of nitrogens with one attached hydrogen (secondary N) is 2. The maximum Gasteiger partial charge on any atom is 0.318 e. The van der Waals surface area contributed by atoms with Crippen molar-refractivity contribution in [3.63, 3.8) is 0 Å². The molecule has 0 aromatic heterocycles. The number of para-hydroxylation sites is 1. The highest BCUT2D eigenvalue weighted by Gasteiger charge is 2.42. The zero-order chi connectivity index (χ0) is 26.2. The van der Waals surface area contributed by atoms with Gasteiger partial charge in [0, 0.05) is 35.7 Å². The van der Waals surface area contributed by atoms with E-state index in [-0.39, 0.29) is 23.8 Å². The number of urea groups is 1. The average Bonchev–Trinajstić information content (AvgIpc) is 3.48. The number of amides is 3. The first kappa shape index (κ1) is 25.3. The second-order valence-corrected chi connectivity index (χ2v) is 11.7. The van der Waals surface area contributed by atoms with Gasteiger partial charge in [-0.1, -0.05) is 30.3 Å². The van der Waals surface area contributed by atoms with Crippen LogP contribution in [0, 0.1) is 5.82 Å². The molecule has 6 rings (SSSR count). The van der Waals surface area contributed by atoms with Gasteiger partial charge in [-0.05, 0) is 101 Å². The fraction of sp³-hybridized carbons (Fsp3) is 0.400. The van der Waals surface area contributed by atoms with Crippen molar-refractivity contribution in [2.45, 2.75) is 69.2 Å². The summed E-state index contributed by atoms with van der Waals surface area (Å²) in [5.41, 5.74) is 1.95. The van der Waals surface area contributed by atoms with E-state index in [1.807, 2.05) is 36.4 Å². The second kappa shape index (κ2) is 10.7. The Bertz CT molecular complexity index is 1350. The summed E-state index contributed by atoms with van der Waals surface area (Å²) in [5, 5.41) is 8.22. The van der Waals surface area contributed by atoms with Crippen LogP contribution in [0.15, 0.2) is 65.1 Å². The van der Waals surface area contributed by atoms with Gasteiger partial charge in [-0.3, -0.25) is 9.69 Å². The van der Waals surface area contributed by atoms with Crippen LogP contribution in [0.1, 0.15) is 44.1 Å². The maximum absolute atomic E-state index is 13.5. The summed E-state index contributed by atoms with van der Waals surface area (Å²) in [6.07, 6.45) is 5.60. The fourth-order valence-corrected chi connectivity index (χ4v) is 6.93. The van der Waals surface area contributed by atoms with E-state index < -0.39 is 6.04 Å². The highest BCUT2D eigenvalue weighted by molar-refractivity contribution is 9.10. The van der Waals surface area contributed by atoms with Crippen LogP contribution < -0.4 is 10.6 Å². The van der Waals surface area contributed by atoms with Gasteiger partial charge < -0.3 is 15.5 Å². The molecule has 38 heavy (non-hydrogen) atoms. The molecule has 8 heteroatoms. The van der Waals surface area contributed by atoms with E-state index >= 15 is 0 Å². The van der Waals surface area contributed by atoms with Gasteiger partial charge in [-0.15, -0.1) is 0 Å². The molecule has 6 nitrogen and oxygen atoms in total. The van der Waals surface area contributed by atoms with E-state index in [0.717, 1.165) is 53.9 Å². The first-order chi connectivity index (χ1) is 18.4. The first-order valence-corrected chi connectivity index (χ1v) is 14.3. The number of halogens is 2. The van der Waals surface area contributed by atoms with Gasteiger partial charge in [-0.2, -0.15) is 0 Å². The number of carbonyl (C=O) groups is 2. The van der Waals surface area contributed by atoms with Gasteiger partial charge in [0.15, 0.2) is 0 Å². The van der Waals surface area contributed by atoms with Gasteiger partial charge >= 0.3 is 6.03 Å². The van der Waals surface area contributed by atoms with E-state index in [0.29, 0.717) is 30.7 Å². The smallest absolute Gasteiger partial charge is 0.318 e. The van der Waals surface area contributed by atoms with Crippen molar-refractivity contribution >= 4 is 44.3 Å². The number of piperidine rings is 1. The first-order valence-electron chi connectivity index (χ1n) is 13.5. The summed E-state index contributed by atoms with van der Waals surface area (Å²) in [7, 11) is 0. The third-order valence-corrected chi connectivity index (χ3v) is 9.08. The molecule has 3 heterocycles. The molecule has 3 fully saturated rings. The molecule has 3 amide bonds. The lowest BCUT2D eigenvalue weighted by Crippen LogP contribution is -2.54. The fourth-order valence-electron chi connectivity index (χ4n) is 6.54. The van der Waals surface area contributed by atoms with Crippen LogP contribution in [0.5, 0.6) is 0 Å². The molecule has 3 aromatic rings. The predicted octanol–water partition coefficient (Wildman–Crippen LogP) is 6.05. The van der Waals surface area contributed by atoms with Crippen LogP contribution >= 0.6 is 15.9 Å². The standard InChI is InChI=1S/C30H32BrFN4O2/c31-26-4-1-2-5-27(26)34-29(37)28-6-3-13-35(28)30(38)33-23-16-24-11-12-25(17-23)36(24)18-19-7-8-21-15-22(32)10-9-20(21)14-19/h1-2,4-5,7-10,14-15,23-25,28H,3,6,11-13,16-18H2,(H,33,38)(H,34,37)/t23?,24?,25?,28-/m0/s1. The Kier molecular flexibility index (Phi) is 7.10. The number of anilines is 1. The molecule has 0 radical (unpaired) electrons. The molecular formula is C30H32BrFN4O2. The van der Waals surface area contributed by atoms with E-state index in [1.165, 1.54) is 11.6 Å². The number of benzene rings is 3. The van der Waals surface area contributed by atoms with Crippen LogP contribution in [0.4, 0.5) is 14.9 Å². The second-order valence-electron chi connectivity index (χ2n) is 10.8. The van der Waals surface area contributed by atoms with Gasteiger partial charge in [-0.25, -0.2) is 9.18 Å². The maximum atomic E-state index is 13.5. The largest absolute Gasteiger partial charge is 0.335 e. The summed E-state index contributed by atoms with van der Waals surface area (Å²) < 4.78 is 14.4. The number of fused-ring (bicyclic) bond motifs is 3. The third kappa shape index (κ3) is 5.16. The Morgan fingerprint density at radius 1 is 0.947 bits per heavy atom. The molecule has 3 aromatic carbocycles. The molecule has 3 aliphatic rings. The van der Waals surface area contributed by atoms with Gasteiger partial charge in [0.25, 0.3) is 0 Å². The Morgan fingerprint density at radius 2 is 1.68 bits per heavy atom. The van der Waals surface area contributed by atoms with Crippen LogP contribution in [-0.2, 0) is 11.3 Å². The lowest BCUT2D eigenvalue weighted by atomic mass is 9.96. The van der Waals surface area contributed by atoms with Crippen LogP contribution in [0.25, 0.3) is 10.8 Å². The zero-order valence-corrected chi connectivity index (χ0v) is 22.8. The molecule has 3 atom stereocenters. The monoisotopic (exact) mass is 578 g/mol. The van der Waals surface area contributed by atoms with Crippen molar-refractivity contribution in [1.82, 2.24) is 15.1 Å². The zero-order valence-electron chi connectivity index (χ0n) is 21.2. The summed E-state index contributed by atoms with van der Waals surface area (Å²) >= 11 is 3.47. The highest BCUT2D eigenvalue weighted by atomic mass is 79.9. The SMILES string of the molecule is O=C(Nc1ccccc1Br)[C@@H]1CCCN1C(=O)NC1CC2CCC(C1)N2Cc1ccc2cc(F)ccc2c1. The molecule has 3 saturated heterocycles. The normalized spacial score (nSPS) is 25.1. The minimum atomic E-state index is -0.458. The Balaban J connectivity index is 1.06. The number of rotatable bonds is 5. The Labute approximate surface area is 230 Å². The van der Waals surface area contributed by atoms with E-state index in [1.54, 1.807) is 11.0 Å². The lowest BCUT2D eigenvalue weighted by molar-refractivity contribution is -0.119. The van der Waals surface area contributed by atoms with E-state index in [2.05, 4.69) is 43.6 Å². The number of likely N-dealkylation sites (tertiary alicyclic amines) is 1. The van der Waals surface area contributed by atoms with Crippen molar-refractivity contribution < 1.29 is 14.0 Å².